The first-order valence-corrected chi connectivity index (χ1v) is 5.09. The van der Waals surface area contributed by atoms with E-state index in [2.05, 4.69) is 16.4 Å². The Balaban J connectivity index is 2.35. The SMILES string of the molecule is O=CNc1ccc2[nH]c3ccccc3c2c1. The van der Waals surface area contributed by atoms with Crippen LogP contribution < -0.4 is 5.32 Å². The van der Waals surface area contributed by atoms with Gasteiger partial charge in [-0.1, -0.05) is 18.2 Å². The topological polar surface area (TPSA) is 44.9 Å². The van der Waals surface area contributed by atoms with Gasteiger partial charge in [0.05, 0.1) is 0 Å². The van der Waals surface area contributed by atoms with Crippen LogP contribution in [0.2, 0.25) is 0 Å². The van der Waals surface area contributed by atoms with Gasteiger partial charge in [-0.15, -0.1) is 0 Å². The van der Waals surface area contributed by atoms with Crippen molar-refractivity contribution in [1.29, 1.82) is 0 Å². The molecule has 3 nitrogen and oxygen atoms in total. The van der Waals surface area contributed by atoms with E-state index < -0.39 is 0 Å². The number of hydrogen-bond donors (Lipinski definition) is 2. The molecule has 2 aromatic carbocycles. The standard InChI is InChI=1S/C13H10N2O/c16-8-14-9-5-6-13-11(7-9)10-3-1-2-4-12(10)15-13/h1-8,15H,(H,14,16). The largest absolute Gasteiger partial charge is 0.355 e. The monoisotopic (exact) mass is 210 g/mol. The maximum Gasteiger partial charge on any atom is 0.211 e. The molecule has 0 unspecified atom stereocenters. The minimum Gasteiger partial charge on any atom is -0.355 e. The molecule has 0 saturated carbocycles. The summed E-state index contributed by atoms with van der Waals surface area (Å²) in [6.07, 6.45) is 0.690. The molecule has 16 heavy (non-hydrogen) atoms. The molecule has 0 bridgehead atoms. The summed E-state index contributed by atoms with van der Waals surface area (Å²) < 4.78 is 0. The van der Waals surface area contributed by atoms with Gasteiger partial charge in [0.1, 0.15) is 0 Å². The van der Waals surface area contributed by atoms with Crippen molar-refractivity contribution < 1.29 is 4.79 Å². The molecular weight excluding hydrogens is 200 g/mol. The van der Waals surface area contributed by atoms with E-state index in [1.807, 2.05) is 36.4 Å². The fraction of sp³-hybridized carbons (Fsp3) is 0. The molecular formula is C13H10N2O. The lowest BCUT2D eigenvalue weighted by Crippen LogP contribution is -1.92. The third kappa shape index (κ3) is 1.26. The second-order valence-corrected chi connectivity index (χ2v) is 3.69. The summed E-state index contributed by atoms with van der Waals surface area (Å²) in [6, 6.07) is 14.0. The second kappa shape index (κ2) is 3.38. The summed E-state index contributed by atoms with van der Waals surface area (Å²) in [5.74, 6) is 0. The van der Waals surface area contributed by atoms with Crippen molar-refractivity contribution in [3.63, 3.8) is 0 Å². The van der Waals surface area contributed by atoms with Crippen molar-refractivity contribution >= 4 is 33.9 Å². The maximum atomic E-state index is 10.4. The normalized spacial score (nSPS) is 10.8. The molecule has 0 aliphatic heterocycles. The van der Waals surface area contributed by atoms with Crippen LogP contribution in [0.15, 0.2) is 42.5 Å². The lowest BCUT2D eigenvalue weighted by molar-refractivity contribution is -0.105. The number of carbonyl (C=O) groups excluding carboxylic acids is 1. The molecule has 1 amide bonds. The summed E-state index contributed by atoms with van der Waals surface area (Å²) in [5, 5.41) is 4.96. The number of carbonyl (C=O) groups is 1. The molecule has 0 spiro atoms. The number of nitrogens with one attached hydrogen (secondary N) is 2. The first-order valence-electron chi connectivity index (χ1n) is 5.09. The number of aromatic nitrogens is 1. The van der Waals surface area contributed by atoms with E-state index >= 15 is 0 Å². The summed E-state index contributed by atoms with van der Waals surface area (Å²) >= 11 is 0. The van der Waals surface area contributed by atoms with Gasteiger partial charge >= 0.3 is 0 Å². The third-order valence-corrected chi connectivity index (χ3v) is 2.73. The van der Waals surface area contributed by atoms with Gasteiger partial charge in [0.25, 0.3) is 0 Å². The molecule has 0 aliphatic rings. The van der Waals surface area contributed by atoms with E-state index in [4.69, 9.17) is 0 Å². The first-order chi connectivity index (χ1) is 7.88. The smallest absolute Gasteiger partial charge is 0.211 e. The van der Waals surface area contributed by atoms with E-state index in [0.29, 0.717) is 6.41 Å². The highest BCUT2D eigenvalue weighted by atomic mass is 16.1. The summed E-state index contributed by atoms with van der Waals surface area (Å²) in [6.45, 7) is 0. The van der Waals surface area contributed by atoms with E-state index in [1.165, 1.54) is 5.39 Å². The molecule has 3 rings (SSSR count). The lowest BCUT2D eigenvalue weighted by atomic mass is 10.1. The Labute approximate surface area is 92.1 Å². The average molecular weight is 210 g/mol. The average Bonchev–Trinajstić information content (AvgIpc) is 2.68. The predicted molar refractivity (Wildman–Crippen MR) is 65.5 cm³/mol. The molecule has 0 aliphatic carbocycles. The first kappa shape index (κ1) is 8.97. The molecule has 3 aromatic rings. The highest BCUT2D eigenvalue weighted by Gasteiger charge is 2.03. The lowest BCUT2D eigenvalue weighted by Gasteiger charge is -1.98. The van der Waals surface area contributed by atoms with Crippen LogP contribution in [-0.4, -0.2) is 11.4 Å². The molecule has 0 atom stereocenters. The van der Waals surface area contributed by atoms with E-state index in [-0.39, 0.29) is 0 Å². The Bertz CT molecular complexity index is 670. The van der Waals surface area contributed by atoms with Gasteiger partial charge in [0.15, 0.2) is 0 Å². The molecule has 78 valence electrons. The Hall–Kier alpha value is -2.29. The Morgan fingerprint density at radius 2 is 1.81 bits per heavy atom. The summed E-state index contributed by atoms with van der Waals surface area (Å²) in [4.78, 5) is 13.7. The van der Waals surface area contributed by atoms with Crippen LogP contribution in [0, 0.1) is 0 Å². The Kier molecular flexibility index (Phi) is 1.90. The zero-order valence-electron chi connectivity index (χ0n) is 8.53. The van der Waals surface area contributed by atoms with Gasteiger partial charge in [-0.05, 0) is 24.3 Å². The van der Waals surface area contributed by atoms with Gasteiger partial charge in [-0.25, -0.2) is 0 Å². The van der Waals surface area contributed by atoms with Gasteiger partial charge in [-0.3, -0.25) is 4.79 Å². The van der Waals surface area contributed by atoms with Gasteiger partial charge < -0.3 is 10.3 Å². The van der Waals surface area contributed by atoms with Crippen LogP contribution in [0.1, 0.15) is 0 Å². The van der Waals surface area contributed by atoms with Crippen molar-refractivity contribution in [1.82, 2.24) is 4.98 Å². The van der Waals surface area contributed by atoms with Crippen molar-refractivity contribution in [2.45, 2.75) is 0 Å². The van der Waals surface area contributed by atoms with Crippen LogP contribution >= 0.6 is 0 Å². The molecule has 0 radical (unpaired) electrons. The van der Waals surface area contributed by atoms with Crippen molar-refractivity contribution in [2.75, 3.05) is 5.32 Å². The number of fused-ring (bicyclic) bond motifs is 3. The maximum absolute atomic E-state index is 10.4. The number of H-pyrrole nitrogens is 1. The molecule has 1 aromatic heterocycles. The number of hydrogen-bond acceptors (Lipinski definition) is 1. The van der Waals surface area contributed by atoms with Crippen LogP contribution in [0.3, 0.4) is 0 Å². The van der Waals surface area contributed by atoms with Gasteiger partial charge in [-0.2, -0.15) is 0 Å². The van der Waals surface area contributed by atoms with Crippen LogP contribution in [0.25, 0.3) is 21.8 Å². The highest BCUT2D eigenvalue weighted by molar-refractivity contribution is 6.08. The number of aromatic amines is 1. The predicted octanol–water partition coefficient (Wildman–Crippen LogP) is 2.89. The van der Waals surface area contributed by atoms with Crippen LogP contribution in [0.4, 0.5) is 5.69 Å². The zero-order valence-corrected chi connectivity index (χ0v) is 8.53. The van der Waals surface area contributed by atoms with Crippen LogP contribution in [-0.2, 0) is 4.79 Å². The Morgan fingerprint density at radius 3 is 2.69 bits per heavy atom. The quantitative estimate of drug-likeness (QED) is 0.627. The van der Waals surface area contributed by atoms with Gasteiger partial charge in [0, 0.05) is 27.5 Å². The minimum atomic E-state index is 0.690. The molecule has 3 heteroatoms. The summed E-state index contributed by atoms with van der Waals surface area (Å²) in [5.41, 5.74) is 3.01. The number of anilines is 1. The van der Waals surface area contributed by atoms with Crippen LogP contribution in [0.5, 0.6) is 0 Å². The highest BCUT2D eigenvalue weighted by Crippen LogP contribution is 2.27. The molecule has 2 N–H and O–H groups in total. The fourth-order valence-electron chi connectivity index (χ4n) is 2.01. The molecule has 0 fully saturated rings. The van der Waals surface area contributed by atoms with E-state index in [0.717, 1.165) is 22.1 Å². The van der Waals surface area contributed by atoms with E-state index in [1.54, 1.807) is 0 Å². The van der Waals surface area contributed by atoms with E-state index in [9.17, 15) is 4.79 Å². The molecule has 1 heterocycles. The summed E-state index contributed by atoms with van der Waals surface area (Å²) in [7, 11) is 0. The number of benzene rings is 2. The van der Waals surface area contributed by atoms with Crippen molar-refractivity contribution in [3.05, 3.63) is 42.5 Å². The number of amides is 1. The van der Waals surface area contributed by atoms with Gasteiger partial charge in [0.2, 0.25) is 6.41 Å². The minimum absolute atomic E-state index is 0.690. The third-order valence-electron chi connectivity index (χ3n) is 2.73. The molecule has 0 saturated heterocycles. The van der Waals surface area contributed by atoms with Crippen molar-refractivity contribution in [3.8, 4) is 0 Å². The Morgan fingerprint density at radius 1 is 1.00 bits per heavy atom. The zero-order chi connectivity index (χ0) is 11.0. The fourth-order valence-corrected chi connectivity index (χ4v) is 2.01. The second-order valence-electron chi connectivity index (χ2n) is 3.69. The number of para-hydroxylation sites is 1. The van der Waals surface area contributed by atoms with Crippen molar-refractivity contribution in [2.24, 2.45) is 0 Å². The number of rotatable bonds is 2.